The molecule has 0 radical (unpaired) electrons. The third kappa shape index (κ3) is 3.88. The zero-order chi connectivity index (χ0) is 15.1. The van der Waals surface area contributed by atoms with E-state index in [4.69, 9.17) is 9.47 Å². The summed E-state index contributed by atoms with van der Waals surface area (Å²) < 4.78 is 11.3. The number of amides is 1. The van der Waals surface area contributed by atoms with E-state index in [0.717, 1.165) is 30.4 Å². The lowest BCUT2D eigenvalue weighted by Crippen LogP contribution is -2.32. The Kier molecular flexibility index (Phi) is 6.85. The van der Waals surface area contributed by atoms with Crippen molar-refractivity contribution in [3.63, 3.8) is 0 Å². The molecule has 0 aliphatic rings. The highest BCUT2D eigenvalue weighted by atomic mass is 79.9. The molecule has 1 rings (SSSR count). The Morgan fingerprint density at radius 2 is 1.55 bits per heavy atom. The minimum Gasteiger partial charge on any atom is -0.495 e. The standard InChI is InChI=1S/C15H22BrNO3/c1-5-7-17(8-6-2)15(18)11-9-12(19-3)14(16)13(10-11)20-4/h9-10H,5-8H2,1-4H3. The molecule has 1 aromatic carbocycles. The van der Waals surface area contributed by atoms with Crippen LogP contribution in [0.5, 0.6) is 11.5 Å². The van der Waals surface area contributed by atoms with E-state index in [1.807, 2.05) is 4.90 Å². The van der Waals surface area contributed by atoms with Crippen LogP contribution in [0.3, 0.4) is 0 Å². The molecule has 0 aromatic heterocycles. The predicted molar refractivity (Wildman–Crippen MR) is 83.7 cm³/mol. The first kappa shape index (κ1) is 16.8. The Labute approximate surface area is 129 Å². The van der Waals surface area contributed by atoms with Crippen LogP contribution in [-0.2, 0) is 0 Å². The van der Waals surface area contributed by atoms with Gasteiger partial charge in [-0.05, 0) is 40.9 Å². The summed E-state index contributed by atoms with van der Waals surface area (Å²) in [5.74, 6) is 1.21. The van der Waals surface area contributed by atoms with Crippen LogP contribution in [0.1, 0.15) is 37.0 Å². The zero-order valence-corrected chi connectivity index (χ0v) is 14.1. The fourth-order valence-corrected chi connectivity index (χ4v) is 2.58. The average Bonchev–Trinajstić information content (AvgIpc) is 2.46. The van der Waals surface area contributed by atoms with E-state index in [1.54, 1.807) is 26.4 Å². The van der Waals surface area contributed by atoms with Crippen molar-refractivity contribution in [3.05, 3.63) is 22.2 Å². The molecule has 0 saturated carbocycles. The first-order valence-corrected chi connectivity index (χ1v) is 7.59. The Hall–Kier alpha value is -1.23. The number of hydrogen-bond donors (Lipinski definition) is 0. The van der Waals surface area contributed by atoms with Crippen molar-refractivity contribution in [2.45, 2.75) is 26.7 Å². The van der Waals surface area contributed by atoms with Gasteiger partial charge in [-0.15, -0.1) is 0 Å². The van der Waals surface area contributed by atoms with Crippen molar-refractivity contribution < 1.29 is 14.3 Å². The summed E-state index contributed by atoms with van der Waals surface area (Å²) in [6.07, 6.45) is 1.88. The minimum atomic E-state index is 0.0119. The van der Waals surface area contributed by atoms with Crippen LogP contribution in [0.25, 0.3) is 0 Å². The van der Waals surface area contributed by atoms with Crippen LogP contribution in [0.2, 0.25) is 0 Å². The second-order valence-corrected chi connectivity index (χ2v) is 5.28. The molecule has 5 heteroatoms. The average molecular weight is 344 g/mol. The van der Waals surface area contributed by atoms with Gasteiger partial charge in [0.2, 0.25) is 0 Å². The maximum atomic E-state index is 12.6. The van der Waals surface area contributed by atoms with Gasteiger partial charge in [0.05, 0.1) is 14.2 Å². The lowest BCUT2D eigenvalue weighted by Gasteiger charge is -2.22. The van der Waals surface area contributed by atoms with Gasteiger partial charge in [0.15, 0.2) is 0 Å². The van der Waals surface area contributed by atoms with Crippen molar-refractivity contribution >= 4 is 21.8 Å². The number of ether oxygens (including phenoxy) is 2. The topological polar surface area (TPSA) is 38.8 Å². The second-order valence-electron chi connectivity index (χ2n) is 4.49. The van der Waals surface area contributed by atoms with E-state index in [2.05, 4.69) is 29.8 Å². The van der Waals surface area contributed by atoms with Gasteiger partial charge in [0.1, 0.15) is 16.0 Å². The molecule has 0 unspecified atom stereocenters. The van der Waals surface area contributed by atoms with Crippen LogP contribution in [0.15, 0.2) is 16.6 Å². The number of carbonyl (C=O) groups excluding carboxylic acids is 1. The fourth-order valence-electron chi connectivity index (χ4n) is 2.03. The molecule has 4 nitrogen and oxygen atoms in total. The molecule has 0 aliphatic carbocycles. The molecule has 1 aromatic rings. The highest BCUT2D eigenvalue weighted by molar-refractivity contribution is 9.10. The van der Waals surface area contributed by atoms with E-state index >= 15 is 0 Å². The van der Waals surface area contributed by atoms with Crippen LogP contribution in [-0.4, -0.2) is 38.1 Å². The first-order chi connectivity index (χ1) is 9.58. The molecule has 1 amide bonds. The summed E-state index contributed by atoms with van der Waals surface area (Å²) in [5, 5.41) is 0. The van der Waals surface area contributed by atoms with Crippen LogP contribution >= 0.6 is 15.9 Å². The number of carbonyl (C=O) groups is 1. The molecular weight excluding hydrogens is 322 g/mol. The summed E-state index contributed by atoms with van der Waals surface area (Å²) in [4.78, 5) is 14.4. The SMILES string of the molecule is CCCN(CCC)C(=O)c1cc(OC)c(Br)c(OC)c1. The van der Waals surface area contributed by atoms with Crippen molar-refractivity contribution in [2.24, 2.45) is 0 Å². The van der Waals surface area contributed by atoms with E-state index in [-0.39, 0.29) is 5.91 Å². The Morgan fingerprint density at radius 1 is 1.10 bits per heavy atom. The van der Waals surface area contributed by atoms with Crippen LogP contribution in [0, 0.1) is 0 Å². The molecular formula is C15H22BrNO3. The smallest absolute Gasteiger partial charge is 0.254 e. The Balaban J connectivity index is 3.13. The van der Waals surface area contributed by atoms with Gasteiger partial charge >= 0.3 is 0 Å². The third-order valence-corrected chi connectivity index (χ3v) is 3.75. The highest BCUT2D eigenvalue weighted by Gasteiger charge is 2.18. The molecule has 0 spiro atoms. The molecule has 0 aliphatic heterocycles. The van der Waals surface area contributed by atoms with Crippen molar-refractivity contribution in [3.8, 4) is 11.5 Å². The minimum absolute atomic E-state index is 0.0119. The van der Waals surface area contributed by atoms with Crippen LogP contribution in [0.4, 0.5) is 0 Å². The third-order valence-electron chi connectivity index (χ3n) is 2.97. The van der Waals surface area contributed by atoms with Gasteiger partial charge in [-0.3, -0.25) is 4.79 Å². The lowest BCUT2D eigenvalue weighted by molar-refractivity contribution is 0.0755. The summed E-state index contributed by atoms with van der Waals surface area (Å²) >= 11 is 3.41. The summed E-state index contributed by atoms with van der Waals surface area (Å²) in [6.45, 7) is 5.65. The Bertz CT molecular complexity index is 431. The fraction of sp³-hybridized carbons (Fsp3) is 0.533. The van der Waals surface area contributed by atoms with Gasteiger partial charge in [-0.2, -0.15) is 0 Å². The number of methoxy groups -OCH3 is 2. The normalized spacial score (nSPS) is 10.2. The van der Waals surface area contributed by atoms with Crippen molar-refractivity contribution in [2.75, 3.05) is 27.3 Å². The van der Waals surface area contributed by atoms with Gasteiger partial charge in [0.25, 0.3) is 5.91 Å². The highest BCUT2D eigenvalue weighted by Crippen LogP contribution is 2.35. The van der Waals surface area contributed by atoms with E-state index in [0.29, 0.717) is 17.1 Å². The zero-order valence-electron chi connectivity index (χ0n) is 12.5. The maximum Gasteiger partial charge on any atom is 0.254 e. The monoisotopic (exact) mass is 343 g/mol. The van der Waals surface area contributed by atoms with Crippen molar-refractivity contribution in [1.82, 2.24) is 4.90 Å². The largest absolute Gasteiger partial charge is 0.495 e. The van der Waals surface area contributed by atoms with E-state index in [9.17, 15) is 4.79 Å². The number of nitrogens with zero attached hydrogens (tertiary/aromatic N) is 1. The number of hydrogen-bond acceptors (Lipinski definition) is 3. The van der Waals surface area contributed by atoms with Gasteiger partial charge < -0.3 is 14.4 Å². The number of benzene rings is 1. The molecule has 0 saturated heterocycles. The molecule has 20 heavy (non-hydrogen) atoms. The Morgan fingerprint density at radius 3 is 1.90 bits per heavy atom. The van der Waals surface area contributed by atoms with E-state index < -0.39 is 0 Å². The molecule has 0 N–H and O–H groups in total. The van der Waals surface area contributed by atoms with Gasteiger partial charge in [-0.1, -0.05) is 13.8 Å². The summed E-state index contributed by atoms with van der Waals surface area (Å²) in [7, 11) is 3.15. The summed E-state index contributed by atoms with van der Waals surface area (Å²) in [6, 6.07) is 3.49. The second kappa shape index (κ2) is 8.15. The molecule has 0 atom stereocenters. The van der Waals surface area contributed by atoms with E-state index in [1.165, 1.54) is 0 Å². The quantitative estimate of drug-likeness (QED) is 0.757. The maximum absolute atomic E-state index is 12.6. The summed E-state index contributed by atoms with van der Waals surface area (Å²) in [5.41, 5.74) is 0.587. The molecule has 0 fully saturated rings. The molecule has 0 heterocycles. The first-order valence-electron chi connectivity index (χ1n) is 6.79. The molecule has 112 valence electrons. The van der Waals surface area contributed by atoms with Crippen molar-refractivity contribution in [1.29, 1.82) is 0 Å². The van der Waals surface area contributed by atoms with Gasteiger partial charge in [0, 0.05) is 18.7 Å². The lowest BCUT2D eigenvalue weighted by atomic mass is 10.1. The predicted octanol–water partition coefficient (Wildman–Crippen LogP) is 3.73. The molecule has 0 bridgehead atoms. The van der Waals surface area contributed by atoms with Gasteiger partial charge in [-0.25, -0.2) is 0 Å². The number of halogens is 1. The van der Waals surface area contributed by atoms with Crippen LogP contribution < -0.4 is 9.47 Å². The number of rotatable bonds is 7.